The Balaban J connectivity index is 2.27. The van der Waals surface area contributed by atoms with Crippen LogP contribution in [0.4, 0.5) is 24.5 Å². The van der Waals surface area contributed by atoms with Crippen LogP contribution in [-0.4, -0.2) is 18.1 Å². The highest BCUT2D eigenvalue weighted by atomic mass is 19.4. The van der Waals surface area contributed by atoms with Gasteiger partial charge in [0.15, 0.2) is 0 Å². The van der Waals surface area contributed by atoms with Gasteiger partial charge in [0.1, 0.15) is 5.69 Å². The molecule has 0 atom stereocenters. The summed E-state index contributed by atoms with van der Waals surface area (Å²) >= 11 is 0. The Kier molecular flexibility index (Phi) is 3.36. The first kappa shape index (κ1) is 13.0. The summed E-state index contributed by atoms with van der Waals surface area (Å²) in [4.78, 5) is 5.25. The van der Waals surface area contributed by atoms with E-state index in [4.69, 9.17) is 5.73 Å². The molecule has 1 saturated heterocycles. The normalized spacial score (nSPS) is 18.1. The van der Waals surface area contributed by atoms with Gasteiger partial charge in [-0.25, -0.2) is 4.98 Å². The minimum Gasteiger partial charge on any atom is -0.396 e. The van der Waals surface area contributed by atoms with Gasteiger partial charge in [0.2, 0.25) is 0 Å². The smallest absolute Gasteiger partial charge is 0.396 e. The number of pyridine rings is 1. The van der Waals surface area contributed by atoms with E-state index < -0.39 is 11.9 Å². The van der Waals surface area contributed by atoms with Crippen molar-refractivity contribution in [1.29, 1.82) is 0 Å². The Labute approximate surface area is 104 Å². The molecule has 0 aromatic carbocycles. The molecule has 0 spiro atoms. The average Bonchev–Trinajstić information content (AvgIpc) is 2.29. The molecule has 1 aliphatic heterocycles. The first-order valence-corrected chi connectivity index (χ1v) is 5.95. The molecule has 1 fully saturated rings. The van der Waals surface area contributed by atoms with E-state index in [2.05, 4.69) is 11.9 Å². The molecule has 0 radical (unpaired) electrons. The van der Waals surface area contributed by atoms with E-state index in [1.807, 2.05) is 4.90 Å². The van der Waals surface area contributed by atoms with E-state index in [1.54, 1.807) is 0 Å². The standard InChI is InChI=1S/C12H16F3N3/c1-8-2-4-18(5-3-8)10-6-11(12(13,14)15)17-7-9(10)16/h6-8H,2-5,16H2,1H3. The molecule has 100 valence electrons. The predicted molar refractivity (Wildman–Crippen MR) is 64.3 cm³/mol. The second-order valence-corrected chi connectivity index (χ2v) is 4.80. The summed E-state index contributed by atoms with van der Waals surface area (Å²) in [6.45, 7) is 3.63. The Morgan fingerprint density at radius 1 is 1.33 bits per heavy atom. The van der Waals surface area contributed by atoms with Gasteiger partial charge in [0.05, 0.1) is 17.6 Å². The van der Waals surface area contributed by atoms with Crippen molar-refractivity contribution in [2.75, 3.05) is 23.7 Å². The van der Waals surface area contributed by atoms with E-state index >= 15 is 0 Å². The monoisotopic (exact) mass is 259 g/mol. The number of piperidine rings is 1. The van der Waals surface area contributed by atoms with Crippen molar-refractivity contribution < 1.29 is 13.2 Å². The molecular formula is C12H16F3N3. The van der Waals surface area contributed by atoms with Crippen LogP contribution in [0, 0.1) is 5.92 Å². The minimum atomic E-state index is -4.43. The molecule has 0 aliphatic carbocycles. The van der Waals surface area contributed by atoms with Crippen LogP contribution in [-0.2, 0) is 6.18 Å². The molecule has 0 bridgehead atoms. The van der Waals surface area contributed by atoms with Crippen LogP contribution in [0.3, 0.4) is 0 Å². The lowest BCUT2D eigenvalue weighted by atomic mass is 9.98. The SMILES string of the molecule is CC1CCN(c2cc(C(F)(F)F)ncc2N)CC1. The number of halogens is 3. The predicted octanol–water partition coefficient (Wildman–Crippen LogP) is 2.92. The van der Waals surface area contributed by atoms with Crippen LogP contribution in [0.2, 0.25) is 0 Å². The van der Waals surface area contributed by atoms with Crippen LogP contribution in [0.1, 0.15) is 25.5 Å². The molecule has 0 amide bonds. The summed E-state index contributed by atoms with van der Waals surface area (Å²) in [6, 6.07) is 1.05. The van der Waals surface area contributed by atoms with Crippen LogP contribution in [0.5, 0.6) is 0 Å². The fourth-order valence-electron chi connectivity index (χ4n) is 2.13. The summed E-state index contributed by atoms with van der Waals surface area (Å²) < 4.78 is 37.8. The molecule has 1 aromatic rings. The van der Waals surface area contributed by atoms with E-state index in [9.17, 15) is 13.2 Å². The van der Waals surface area contributed by atoms with Gasteiger partial charge < -0.3 is 10.6 Å². The van der Waals surface area contributed by atoms with Gasteiger partial charge in [-0.2, -0.15) is 13.2 Å². The number of hydrogen-bond donors (Lipinski definition) is 1. The lowest BCUT2D eigenvalue weighted by Crippen LogP contribution is -2.33. The molecule has 1 aliphatic rings. The summed E-state index contributed by atoms with van der Waals surface area (Å²) in [5.74, 6) is 0.617. The zero-order valence-electron chi connectivity index (χ0n) is 10.2. The third-order valence-electron chi connectivity index (χ3n) is 3.33. The summed E-state index contributed by atoms with van der Waals surface area (Å²) in [5.41, 5.74) is 5.59. The van der Waals surface area contributed by atoms with Crippen molar-refractivity contribution in [3.8, 4) is 0 Å². The first-order chi connectivity index (χ1) is 8.38. The fourth-order valence-corrected chi connectivity index (χ4v) is 2.13. The van der Waals surface area contributed by atoms with Gasteiger partial charge in [-0.1, -0.05) is 6.92 Å². The van der Waals surface area contributed by atoms with Crippen molar-refractivity contribution in [2.45, 2.75) is 25.9 Å². The maximum Gasteiger partial charge on any atom is 0.433 e. The zero-order valence-corrected chi connectivity index (χ0v) is 10.2. The maximum absolute atomic E-state index is 12.6. The lowest BCUT2D eigenvalue weighted by Gasteiger charge is -2.33. The minimum absolute atomic E-state index is 0.303. The van der Waals surface area contributed by atoms with E-state index in [1.165, 1.54) is 0 Å². The van der Waals surface area contributed by atoms with Crippen LogP contribution in [0.25, 0.3) is 0 Å². The second-order valence-electron chi connectivity index (χ2n) is 4.80. The Morgan fingerprint density at radius 2 is 1.94 bits per heavy atom. The molecule has 3 nitrogen and oxygen atoms in total. The quantitative estimate of drug-likeness (QED) is 0.843. The van der Waals surface area contributed by atoms with Gasteiger partial charge in [-0.15, -0.1) is 0 Å². The third kappa shape index (κ3) is 2.68. The Morgan fingerprint density at radius 3 is 2.50 bits per heavy atom. The number of aromatic nitrogens is 1. The highest BCUT2D eigenvalue weighted by Gasteiger charge is 2.33. The third-order valence-corrected chi connectivity index (χ3v) is 3.33. The molecular weight excluding hydrogens is 243 g/mol. The zero-order chi connectivity index (χ0) is 13.3. The fraction of sp³-hybridized carbons (Fsp3) is 0.583. The van der Waals surface area contributed by atoms with Crippen molar-refractivity contribution in [3.63, 3.8) is 0 Å². The summed E-state index contributed by atoms with van der Waals surface area (Å²) in [6.07, 6.45) is -1.38. The van der Waals surface area contributed by atoms with Crippen molar-refractivity contribution in [3.05, 3.63) is 18.0 Å². The van der Waals surface area contributed by atoms with Gasteiger partial charge in [0, 0.05) is 13.1 Å². The van der Waals surface area contributed by atoms with Gasteiger partial charge in [0.25, 0.3) is 0 Å². The Bertz CT molecular complexity index is 423. The highest BCUT2D eigenvalue weighted by molar-refractivity contribution is 5.67. The molecule has 0 unspecified atom stereocenters. The molecule has 2 N–H and O–H groups in total. The highest BCUT2D eigenvalue weighted by Crippen LogP contribution is 2.34. The summed E-state index contributed by atoms with van der Waals surface area (Å²) in [7, 11) is 0. The number of rotatable bonds is 1. The van der Waals surface area contributed by atoms with Crippen molar-refractivity contribution >= 4 is 11.4 Å². The van der Waals surface area contributed by atoms with E-state index in [0.29, 0.717) is 17.3 Å². The number of hydrogen-bond acceptors (Lipinski definition) is 3. The number of nitrogen functional groups attached to an aromatic ring is 1. The number of alkyl halides is 3. The van der Waals surface area contributed by atoms with Crippen LogP contribution < -0.4 is 10.6 Å². The molecule has 1 aromatic heterocycles. The molecule has 2 heterocycles. The largest absolute Gasteiger partial charge is 0.433 e. The van der Waals surface area contributed by atoms with E-state index in [-0.39, 0.29) is 0 Å². The molecule has 2 rings (SSSR count). The molecule has 18 heavy (non-hydrogen) atoms. The summed E-state index contributed by atoms with van der Waals surface area (Å²) in [5, 5.41) is 0. The van der Waals surface area contributed by atoms with Gasteiger partial charge in [-0.05, 0) is 24.8 Å². The number of nitrogens with two attached hydrogens (primary N) is 1. The molecule has 6 heteroatoms. The van der Waals surface area contributed by atoms with E-state index in [0.717, 1.165) is 38.2 Å². The van der Waals surface area contributed by atoms with Gasteiger partial charge >= 0.3 is 6.18 Å². The lowest BCUT2D eigenvalue weighted by molar-refractivity contribution is -0.141. The first-order valence-electron chi connectivity index (χ1n) is 5.95. The number of nitrogens with zero attached hydrogens (tertiary/aromatic N) is 2. The van der Waals surface area contributed by atoms with Crippen molar-refractivity contribution in [2.24, 2.45) is 5.92 Å². The average molecular weight is 259 g/mol. The number of anilines is 2. The van der Waals surface area contributed by atoms with Gasteiger partial charge in [-0.3, -0.25) is 0 Å². The van der Waals surface area contributed by atoms with Crippen molar-refractivity contribution in [1.82, 2.24) is 4.98 Å². The Hall–Kier alpha value is -1.46. The topological polar surface area (TPSA) is 42.2 Å². The second kappa shape index (κ2) is 4.66. The molecule has 0 saturated carbocycles. The van der Waals surface area contributed by atoms with Crippen LogP contribution >= 0.6 is 0 Å². The maximum atomic E-state index is 12.6. The van der Waals surface area contributed by atoms with Crippen LogP contribution in [0.15, 0.2) is 12.3 Å².